The van der Waals surface area contributed by atoms with Gasteiger partial charge in [-0.05, 0) is 52.6 Å². The fourth-order valence-corrected chi connectivity index (χ4v) is 5.38. The Morgan fingerprint density at radius 1 is 1.10 bits per heavy atom. The fraction of sp³-hybridized carbons (Fsp3) is 0.333. The Labute approximate surface area is 183 Å². The van der Waals surface area contributed by atoms with Gasteiger partial charge in [0.05, 0.1) is 6.21 Å². The van der Waals surface area contributed by atoms with Gasteiger partial charge in [-0.25, -0.2) is 5.43 Å². The van der Waals surface area contributed by atoms with Crippen LogP contribution in [-0.4, -0.2) is 12.1 Å². The van der Waals surface area contributed by atoms with Gasteiger partial charge in [0, 0.05) is 11.5 Å². The van der Waals surface area contributed by atoms with E-state index < -0.39 is 0 Å². The van der Waals surface area contributed by atoms with E-state index in [4.69, 9.17) is 4.74 Å². The van der Waals surface area contributed by atoms with Crippen LogP contribution in [0.3, 0.4) is 0 Å². The molecule has 3 atom stereocenters. The molecule has 2 aliphatic carbocycles. The topological polar surface area (TPSA) is 50.7 Å². The van der Waals surface area contributed by atoms with Gasteiger partial charge in [-0.3, -0.25) is 4.79 Å². The van der Waals surface area contributed by atoms with E-state index in [1.165, 1.54) is 30.0 Å². The van der Waals surface area contributed by atoms with Crippen LogP contribution in [-0.2, 0) is 11.4 Å². The number of benzene rings is 3. The molecule has 1 amide bonds. The molecule has 0 unspecified atom stereocenters. The molecule has 0 aromatic heterocycles. The van der Waals surface area contributed by atoms with E-state index in [1.807, 2.05) is 36.4 Å². The Balaban J connectivity index is 1.25. The summed E-state index contributed by atoms with van der Waals surface area (Å²) in [6.45, 7) is 2.72. The number of para-hydroxylation sites is 1. The standard InChI is InChI=1S/C27H28N2O2/c1-27-16-7-6-14-23(27)25(27)26(30)29-28-17-20-10-3-5-15-24(20)31-18-21-12-8-11-19-9-2-4-13-22(19)21/h2-5,8-13,15,17,23,25H,6-7,14,16,18H2,1H3,(H,29,30)/b28-17-/t23-,25-,27-/m1/s1. The monoisotopic (exact) mass is 412 g/mol. The molecule has 0 spiro atoms. The lowest BCUT2D eigenvalue weighted by atomic mass is 9.90. The molecule has 158 valence electrons. The number of rotatable bonds is 6. The van der Waals surface area contributed by atoms with E-state index in [-0.39, 0.29) is 17.2 Å². The summed E-state index contributed by atoms with van der Waals surface area (Å²) in [7, 11) is 0. The highest BCUT2D eigenvalue weighted by Gasteiger charge is 2.64. The van der Waals surface area contributed by atoms with Gasteiger partial charge in [0.2, 0.25) is 5.91 Å². The fourth-order valence-electron chi connectivity index (χ4n) is 5.38. The molecular weight excluding hydrogens is 384 g/mol. The molecule has 4 heteroatoms. The average molecular weight is 413 g/mol. The van der Waals surface area contributed by atoms with E-state index in [0.717, 1.165) is 23.3 Å². The van der Waals surface area contributed by atoms with Crippen molar-refractivity contribution in [3.63, 3.8) is 0 Å². The van der Waals surface area contributed by atoms with E-state index >= 15 is 0 Å². The average Bonchev–Trinajstić information content (AvgIpc) is 3.44. The summed E-state index contributed by atoms with van der Waals surface area (Å²) in [5, 5.41) is 6.65. The van der Waals surface area contributed by atoms with Crippen molar-refractivity contribution in [2.75, 3.05) is 0 Å². The van der Waals surface area contributed by atoms with Crippen LogP contribution in [0.1, 0.15) is 43.7 Å². The van der Waals surface area contributed by atoms with Crippen molar-refractivity contribution < 1.29 is 9.53 Å². The highest BCUT2D eigenvalue weighted by atomic mass is 16.5. The van der Waals surface area contributed by atoms with E-state index in [9.17, 15) is 4.79 Å². The number of nitrogens with zero attached hydrogens (tertiary/aromatic N) is 1. The quantitative estimate of drug-likeness (QED) is 0.417. The Morgan fingerprint density at radius 2 is 1.90 bits per heavy atom. The molecule has 0 heterocycles. The Morgan fingerprint density at radius 3 is 2.77 bits per heavy atom. The highest BCUT2D eigenvalue weighted by Crippen LogP contribution is 2.66. The number of nitrogens with one attached hydrogen (secondary N) is 1. The summed E-state index contributed by atoms with van der Waals surface area (Å²) >= 11 is 0. The van der Waals surface area contributed by atoms with Gasteiger partial charge in [0.1, 0.15) is 12.4 Å². The lowest BCUT2D eigenvalue weighted by Crippen LogP contribution is -2.22. The Kier molecular flexibility index (Phi) is 5.23. The third kappa shape index (κ3) is 3.83. The highest BCUT2D eigenvalue weighted by molar-refractivity contribution is 5.87. The molecule has 3 aromatic carbocycles. The second kappa shape index (κ2) is 8.18. The minimum Gasteiger partial charge on any atom is -0.488 e. The third-order valence-corrected chi connectivity index (χ3v) is 7.17. The number of carbonyl (C=O) groups excluding carboxylic acids is 1. The van der Waals surface area contributed by atoms with Crippen molar-refractivity contribution in [1.82, 2.24) is 5.43 Å². The van der Waals surface area contributed by atoms with Crippen molar-refractivity contribution in [2.24, 2.45) is 22.4 Å². The molecule has 2 aliphatic rings. The first kappa shape index (κ1) is 19.8. The smallest absolute Gasteiger partial charge is 0.244 e. The normalized spacial score (nSPS) is 24.7. The molecule has 0 saturated heterocycles. The number of carbonyl (C=O) groups is 1. The predicted octanol–water partition coefficient (Wildman–Crippen LogP) is 5.70. The summed E-state index contributed by atoms with van der Waals surface area (Å²) in [6.07, 6.45) is 6.49. The largest absolute Gasteiger partial charge is 0.488 e. The molecule has 2 fully saturated rings. The predicted molar refractivity (Wildman–Crippen MR) is 124 cm³/mol. The van der Waals surface area contributed by atoms with Crippen LogP contribution in [0.2, 0.25) is 0 Å². The summed E-state index contributed by atoms with van der Waals surface area (Å²) in [5.74, 6) is 1.46. The first-order valence-electron chi connectivity index (χ1n) is 11.2. The molecule has 0 aliphatic heterocycles. The molecule has 5 rings (SSSR count). The van der Waals surface area contributed by atoms with E-state index in [1.54, 1.807) is 6.21 Å². The van der Waals surface area contributed by atoms with E-state index in [2.05, 4.69) is 47.8 Å². The maximum absolute atomic E-state index is 12.6. The number of hydrazone groups is 1. The zero-order chi connectivity index (χ0) is 21.3. The van der Waals surface area contributed by atoms with Gasteiger partial charge in [0.15, 0.2) is 0 Å². The number of fused-ring (bicyclic) bond motifs is 2. The molecule has 2 saturated carbocycles. The number of amides is 1. The Bertz CT molecular complexity index is 1130. The zero-order valence-corrected chi connectivity index (χ0v) is 17.9. The molecule has 0 radical (unpaired) electrons. The van der Waals surface area contributed by atoms with Crippen LogP contribution in [0.15, 0.2) is 71.8 Å². The van der Waals surface area contributed by atoms with Crippen molar-refractivity contribution in [2.45, 2.75) is 39.2 Å². The van der Waals surface area contributed by atoms with Crippen LogP contribution in [0.25, 0.3) is 10.8 Å². The lowest BCUT2D eigenvalue weighted by molar-refractivity contribution is -0.123. The molecule has 0 bridgehead atoms. The first-order chi connectivity index (χ1) is 15.2. The Hall–Kier alpha value is -3.14. The maximum atomic E-state index is 12.6. The van der Waals surface area contributed by atoms with E-state index in [0.29, 0.717) is 12.5 Å². The molecular formula is C27H28N2O2. The second-order valence-corrected chi connectivity index (χ2v) is 9.03. The summed E-state index contributed by atoms with van der Waals surface area (Å²) in [6, 6.07) is 22.4. The zero-order valence-electron chi connectivity index (χ0n) is 17.9. The van der Waals surface area contributed by atoms with Crippen molar-refractivity contribution >= 4 is 22.9 Å². The minimum absolute atomic E-state index is 0.0554. The van der Waals surface area contributed by atoms with Crippen LogP contribution >= 0.6 is 0 Å². The third-order valence-electron chi connectivity index (χ3n) is 7.17. The van der Waals surface area contributed by atoms with Crippen molar-refractivity contribution in [3.05, 3.63) is 77.9 Å². The number of ether oxygens (including phenoxy) is 1. The van der Waals surface area contributed by atoms with Crippen LogP contribution in [0, 0.1) is 17.3 Å². The summed E-state index contributed by atoms with van der Waals surface area (Å²) in [5.41, 5.74) is 4.96. The van der Waals surface area contributed by atoms with Crippen LogP contribution in [0.4, 0.5) is 0 Å². The van der Waals surface area contributed by atoms with Gasteiger partial charge in [0.25, 0.3) is 0 Å². The SMILES string of the molecule is C[C@@]12CCCC[C@@H]1[C@@H]2C(=O)N/N=C\c1ccccc1OCc1cccc2ccccc12. The lowest BCUT2D eigenvalue weighted by Gasteiger charge is -2.15. The molecule has 31 heavy (non-hydrogen) atoms. The second-order valence-electron chi connectivity index (χ2n) is 9.03. The van der Waals surface area contributed by atoms with Gasteiger partial charge in [-0.1, -0.05) is 74.4 Å². The molecule has 3 aromatic rings. The van der Waals surface area contributed by atoms with Crippen molar-refractivity contribution in [3.8, 4) is 5.75 Å². The van der Waals surface area contributed by atoms with Gasteiger partial charge >= 0.3 is 0 Å². The maximum Gasteiger partial charge on any atom is 0.244 e. The minimum atomic E-state index is 0.0554. The van der Waals surface area contributed by atoms with Crippen LogP contribution in [0.5, 0.6) is 5.75 Å². The van der Waals surface area contributed by atoms with Crippen molar-refractivity contribution in [1.29, 1.82) is 0 Å². The number of hydrogen-bond donors (Lipinski definition) is 1. The first-order valence-corrected chi connectivity index (χ1v) is 11.2. The number of hydrogen-bond acceptors (Lipinski definition) is 3. The van der Waals surface area contributed by atoms with Gasteiger partial charge in [-0.2, -0.15) is 5.10 Å². The van der Waals surface area contributed by atoms with Gasteiger partial charge < -0.3 is 4.74 Å². The van der Waals surface area contributed by atoms with Gasteiger partial charge in [-0.15, -0.1) is 0 Å². The van der Waals surface area contributed by atoms with Crippen LogP contribution < -0.4 is 10.2 Å². The molecule has 1 N–H and O–H groups in total. The summed E-state index contributed by atoms with van der Waals surface area (Å²) < 4.78 is 6.14. The summed E-state index contributed by atoms with van der Waals surface area (Å²) in [4.78, 5) is 12.6. The molecule has 4 nitrogen and oxygen atoms in total.